The fraction of sp³-hybridized carbons (Fsp3) is 0.583. The van der Waals surface area contributed by atoms with E-state index in [2.05, 4.69) is 11.9 Å². The summed E-state index contributed by atoms with van der Waals surface area (Å²) in [6.45, 7) is 6.23. The molecule has 1 saturated carbocycles. The van der Waals surface area contributed by atoms with Crippen LogP contribution in [0.4, 0.5) is 0 Å². The SMILES string of the molecule is Cc1c[nH]c(C(=O)CC2(C)CC2)c1C. The number of aryl methyl sites for hydroxylation is 1. The van der Waals surface area contributed by atoms with E-state index in [0.29, 0.717) is 11.8 Å². The summed E-state index contributed by atoms with van der Waals surface area (Å²) in [5.41, 5.74) is 3.41. The van der Waals surface area contributed by atoms with Gasteiger partial charge in [-0.3, -0.25) is 4.79 Å². The molecule has 0 aromatic carbocycles. The number of aromatic amines is 1. The van der Waals surface area contributed by atoms with Gasteiger partial charge in [0.25, 0.3) is 0 Å². The second-order valence-corrected chi connectivity index (χ2v) is 4.88. The smallest absolute Gasteiger partial charge is 0.179 e. The van der Waals surface area contributed by atoms with E-state index in [-0.39, 0.29) is 5.78 Å². The van der Waals surface area contributed by atoms with Gasteiger partial charge in [0.05, 0.1) is 5.69 Å². The fourth-order valence-corrected chi connectivity index (χ4v) is 1.75. The van der Waals surface area contributed by atoms with E-state index in [1.165, 1.54) is 18.4 Å². The van der Waals surface area contributed by atoms with E-state index in [0.717, 1.165) is 11.3 Å². The molecular weight excluding hydrogens is 174 g/mol. The van der Waals surface area contributed by atoms with Gasteiger partial charge in [-0.2, -0.15) is 0 Å². The van der Waals surface area contributed by atoms with Crippen LogP contribution in [-0.2, 0) is 0 Å². The monoisotopic (exact) mass is 191 g/mol. The number of ketones is 1. The molecule has 1 N–H and O–H groups in total. The van der Waals surface area contributed by atoms with E-state index in [9.17, 15) is 4.79 Å². The third kappa shape index (κ3) is 1.61. The fourth-order valence-electron chi connectivity index (χ4n) is 1.75. The number of carbonyl (C=O) groups is 1. The van der Waals surface area contributed by atoms with Crippen LogP contribution >= 0.6 is 0 Å². The third-order valence-corrected chi connectivity index (χ3v) is 3.37. The van der Waals surface area contributed by atoms with Gasteiger partial charge in [-0.1, -0.05) is 6.92 Å². The van der Waals surface area contributed by atoms with Gasteiger partial charge in [0.15, 0.2) is 5.78 Å². The molecule has 0 radical (unpaired) electrons. The zero-order valence-corrected chi connectivity index (χ0v) is 9.11. The molecule has 2 nitrogen and oxygen atoms in total. The van der Waals surface area contributed by atoms with E-state index in [4.69, 9.17) is 0 Å². The normalized spacial score (nSPS) is 18.2. The van der Waals surface area contributed by atoms with Crippen LogP contribution in [0.2, 0.25) is 0 Å². The van der Waals surface area contributed by atoms with Crippen molar-refractivity contribution in [3.8, 4) is 0 Å². The van der Waals surface area contributed by atoms with Crippen molar-refractivity contribution in [2.24, 2.45) is 5.41 Å². The number of aromatic nitrogens is 1. The number of rotatable bonds is 3. The van der Waals surface area contributed by atoms with Gasteiger partial charge in [-0.15, -0.1) is 0 Å². The zero-order valence-electron chi connectivity index (χ0n) is 9.11. The van der Waals surface area contributed by atoms with Crippen LogP contribution in [0.15, 0.2) is 6.20 Å². The minimum absolute atomic E-state index is 0.274. The molecular formula is C12H17NO. The molecule has 0 unspecified atom stereocenters. The average molecular weight is 191 g/mol. The molecule has 76 valence electrons. The van der Waals surface area contributed by atoms with Crippen LogP contribution in [0.1, 0.15) is 47.8 Å². The Labute approximate surface area is 84.7 Å². The number of carbonyl (C=O) groups excluding carboxylic acids is 1. The number of H-pyrrole nitrogens is 1. The highest BCUT2D eigenvalue weighted by Gasteiger charge is 2.39. The Balaban J connectivity index is 2.15. The van der Waals surface area contributed by atoms with E-state index >= 15 is 0 Å². The van der Waals surface area contributed by atoms with Crippen LogP contribution in [0, 0.1) is 19.3 Å². The highest BCUT2D eigenvalue weighted by molar-refractivity contribution is 5.96. The predicted octanol–water partition coefficient (Wildman–Crippen LogP) is 3.00. The molecule has 2 rings (SSSR count). The Hall–Kier alpha value is -1.05. The maximum atomic E-state index is 11.9. The summed E-state index contributed by atoms with van der Waals surface area (Å²) in [5.74, 6) is 0.274. The summed E-state index contributed by atoms with van der Waals surface area (Å²) in [5, 5.41) is 0. The second kappa shape index (κ2) is 2.97. The molecule has 0 atom stereocenters. The van der Waals surface area contributed by atoms with Crippen molar-refractivity contribution in [1.29, 1.82) is 0 Å². The van der Waals surface area contributed by atoms with Crippen molar-refractivity contribution in [3.63, 3.8) is 0 Å². The minimum atomic E-state index is 0.274. The van der Waals surface area contributed by atoms with E-state index in [1.807, 2.05) is 20.0 Å². The molecule has 1 aliphatic carbocycles. The Kier molecular flexibility index (Phi) is 2.02. The van der Waals surface area contributed by atoms with Crippen LogP contribution in [0.3, 0.4) is 0 Å². The van der Waals surface area contributed by atoms with E-state index in [1.54, 1.807) is 0 Å². The number of hydrogen-bond acceptors (Lipinski definition) is 1. The maximum absolute atomic E-state index is 11.9. The van der Waals surface area contributed by atoms with Gasteiger partial charge >= 0.3 is 0 Å². The summed E-state index contributed by atoms with van der Waals surface area (Å²) in [4.78, 5) is 15.0. The van der Waals surface area contributed by atoms with Crippen molar-refractivity contribution in [2.75, 3.05) is 0 Å². The summed E-state index contributed by atoms with van der Waals surface area (Å²) in [7, 11) is 0. The molecule has 0 bridgehead atoms. The lowest BCUT2D eigenvalue weighted by atomic mass is 9.99. The Bertz CT molecular complexity index is 372. The van der Waals surface area contributed by atoms with Gasteiger partial charge in [0, 0.05) is 12.6 Å². The standard InChI is InChI=1S/C12H17NO/c1-8-7-13-11(9(8)2)10(14)6-12(3)4-5-12/h7,13H,4-6H2,1-3H3. The van der Waals surface area contributed by atoms with Crippen molar-refractivity contribution in [2.45, 2.75) is 40.0 Å². The van der Waals surface area contributed by atoms with E-state index < -0.39 is 0 Å². The van der Waals surface area contributed by atoms with Crippen molar-refractivity contribution in [1.82, 2.24) is 4.98 Å². The second-order valence-electron chi connectivity index (χ2n) is 4.88. The van der Waals surface area contributed by atoms with Crippen LogP contribution < -0.4 is 0 Å². The lowest BCUT2D eigenvalue weighted by Crippen LogP contribution is -2.08. The highest BCUT2D eigenvalue weighted by atomic mass is 16.1. The van der Waals surface area contributed by atoms with Gasteiger partial charge in [-0.05, 0) is 43.2 Å². The maximum Gasteiger partial charge on any atom is 0.179 e. The van der Waals surface area contributed by atoms with Crippen molar-refractivity contribution >= 4 is 5.78 Å². The first-order valence-corrected chi connectivity index (χ1v) is 5.20. The number of hydrogen-bond donors (Lipinski definition) is 1. The Morgan fingerprint density at radius 2 is 2.14 bits per heavy atom. The Morgan fingerprint density at radius 3 is 2.57 bits per heavy atom. The summed E-state index contributed by atoms with van der Waals surface area (Å²) < 4.78 is 0. The van der Waals surface area contributed by atoms with Crippen molar-refractivity contribution in [3.05, 3.63) is 23.0 Å². The molecule has 0 aliphatic heterocycles. The van der Waals surface area contributed by atoms with Gasteiger partial charge in [-0.25, -0.2) is 0 Å². The minimum Gasteiger partial charge on any atom is -0.358 e. The number of nitrogens with one attached hydrogen (secondary N) is 1. The molecule has 1 fully saturated rings. The highest BCUT2D eigenvalue weighted by Crippen LogP contribution is 2.48. The zero-order chi connectivity index (χ0) is 10.3. The summed E-state index contributed by atoms with van der Waals surface area (Å²) in [6.07, 6.45) is 5.03. The molecule has 0 amide bonds. The first kappa shape index (κ1) is 9.50. The lowest BCUT2D eigenvalue weighted by molar-refractivity contribution is 0.0954. The summed E-state index contributed by atoms with van der Waals surface area (Å²) in [6, 6.07) is 0. The van der Waals surface area contributed by atoms with Gasteiger partial charge < -0.3 is 4.98 Å². The van der Waals surface area contributed by atoms with Crippen molar-refractivity contribution < 1.29 is 4.79 Å². The molecule has 14 heavy (non-hydrogen) atoms. The Morgan fingerprint density at radius 1 is 1.50 bits per heavy atom. The molecule has 1 aromatic rings. The van der Waals surface area contributed by atoms with Crippen LogP contribution in [-0.4, -0.2) is 10.8 Å². The first-order chi connectivity index (χ1) is 6.52. The largest absolute Gasteiger partial charge is 0.358 e. The molecule has 1 heterocycles. The van der Waals surface area contributed by atoms with Gasteiger partial charge in [0.2, 0.25) is 0 Å². The predicted molar refractivity (Wildman–Crippen MR) is 56.6 cm³/mol. The molecule has 0 saturated heterocycles. The summed E-state index contributed by atoms with van der Waals surface area (Å²) >= 11 is 0. The van der Waals surface area contributed by atoms with Crippen LogP contribution in [0.5, 0.6) is 0 Å². The molecule has 0 spiro atoms. The van der Waals surface area contributed by atoms with Crippen LogP contribution in [0.25, 0.3) is 0 Å². The first-order valence-electron chi connectivity index (χ1n) is 5.20. The third-order valence-electron chi connectivity index (χ3n) is 3.37. The molecule has 1 aliphatic rings. The quantitative estimate of drug-likeness (QED) is 0.732. The molecule has 1 aromatic heterocycles. The topological polar surface area (TPSA) is 32.9 Å². The molecule has 2 heteroatoms. The lowest BCUT2D eigenvalue weighted by Gasteiger charge is -2.06. The number of Topliss-reactive ketones (excluding diaryl/α,β-unsaturated/α-hetero) is 1. The average Bonchev–Trinajstić information content (AvgIpc) is 2.73. The van der Waals surface area contributed by atoms with Gasteiger partial charge in [0.1, 0.15) is 0 Å².